The first-order valence-corrected chi connectivity index (χ1v) is 8.59. The second-order valence-corrected chi connectivity index (χ2v) is 6.50. The number of hydrogen-bond acceptors (Lipinski definition) is 2. The molecule has 1 amide bonds. The third-order valence-electron chi connectivity index (χ3n) is 4.83. The number of fused-ring (bicyclic) bond motifs is 1. The molecule has 25 heavy (non-hydrogen) atoms. The lowest BCUT2D eigenvalue weighted by atomic mass is 9.87. The molecule has 0 N–H and O–H groups in total. The molecular weight excluding hydrogens is 308 g/mol. The van der Waals surface area contributed by atoms with Crippen LogP contribution >= 0.6 is 0 Å². The van der Waals surface area contributed by atoms with Gasteiger partial charge in [0, 0.05) is 24.5 Å². The van der Waals surface area contributed by atoms with Crippen LogP contribution in [0, 0.1) is 6.92 Å². The first-order chi connectivity index (χ1) is 12.2. The van der Waals surface area contributed by atoms with Crippen LogP contribution in [0.3, 0.4) is 0 Å². The summed E-state index contributed by atoms with van der Waals surface area (Å²) < 4.78 is 0. The van der Waals surface area contributed by atoms with E-state index in [1.54, 1.807) is 24.5 Å². The van der Waals surface area contributed by atoms with Gasteiger partial charge in [-0.15, -0.1) is 0 Å². The quantitative estimate of drug-likeness (QED) is 0.707. The Morgan fingerprint density at radius 1 is 1.04 bits per heavy atom. The molecule has 1 aromatic heterocycles. The molecule has 2 aromatic carbocycles. The fourth-order valence-electron chi connectivity index (χ4n) is 3.63. The van der Waals surface area contributed by atoms with Gasteiger partial charge in [-0.05, 0) is 42.2 Å². The van der Waals surface area contributed by atoms with Gasteiger partial charge in [0.15, 0.2) is 0 Å². The zero-order valence-electron chi connectivity index (χ0n) is 14.2. The van der Waals surface area contributed by atoms with Gasteiger partial charge in [0.25, 0.3) is 5.91 Å². The van der Waals surface area contributed by atoms with E-state index >= 15 is 0 Å². The third-order valence-corrected chi connectivity index (χ3v) is 4.83. The molecule has 1 unspecified atom stereocenters. The van der Waals surface area contributed by atoms with Crippen LogP contribution in [0.1, 0.15) is 38.7 Å². The molecule has 0 saturated carbocycles. The maximum Gasteiger partial charge on any atom is 0.254 e. The molecule has 0 fully saturated rings. The van der Waals surface area contributed by atoms with Gasteiger partial charge in [-0.1, -0.05) is 54.1 Å². The predicted molar refractivity (Wildman–Crippen MR) is 98.4 cm³/mol. The minimum absolute atomic E-state index is 0.0498. The van der Waals surface area contributed by atoms with Crippen molar-refractivity contribution >= 4 is 5.91 Å². The van der Waals surface area contributed by atoms with E-state index < -0.39 is 0 Å². The van der Waals surface area contributed by atoms with Gasteiger partial charge in [0.05, 0.1) is 6.04 Å². The molecule has 1 aliphatic heterocycles. The minimum atomic E-state index is -0.0498. The van der Waals surface area contributed by atoms with E-state index in [9.17, 15) is 4.79 Å². The Kier molecular flexibility index (Phi) is 4.06. The molecule has 0 spiro atoms. The van der Waals surface area contributed by atoms with E-state index in [-0.39, 0.29) is 11.9 Å². The number of aryl methyl sites for hydroxylation is 1. The van der Waals surface area contributed by atoms with Crippen LogP contribution in [0.2, 0.25) is 0 Å². The SMILES string of the molecule is Cc1ccc2c(c1)CCN(C(=O)c1ccncc1)C2c1ccccc1. The van der Waals surface area contributed by atoms with Crippen molar-refractivity contribution < 1.29 is 4.79 Å². The lowest BCUT2D eigenvalue weighted by molar-refractivity contribution is 0.0694. The Balaban J connectivity index is 1.81. The Bertz CT molecular complexity index is 890. The molecule has 4 rings (SSSR count). The third kappa shape index (κ3) is 2.93. The number of rotatable bonds is 2. The van der Waals surface area contributed by atoms with Gasteiger partial charge in [-0.3, -0.25) is 9.78 Å². The summed E-state index contributed by atoms with van der Waals surface area (Å²) in [6.07, 6.45) is 4.23. The largest absolute Gasteiger partial charge is 0.327 e. The van der Waals surface area contributed by atoms with Crippen molar-refractivity contribution in [2.45, 2.75) is 19.4 Å². The number of nitrogens with zero attached hydrogens (tertiary/aromatic N) is 2. The number of hydrogen-bond donors (Lipinski definition) is 0. The second-order valence-electron chi connectivity index (χ2n) is 6.50. The van der Waals surface area contributed by atoms with Crippen molar-refractivity contribution in [2.75, 3.05) is 6.54 Å². The highest BCUT2D eigenvalue weighted by Gasteiger charge is 2.32. The summed E-state index contributed by atoms with van der Waals surface area (Å²) >= 11 is 0. The molecule has 2 heterocycles. The molecule has 3 aromatic rings. The van der Waals surface area contributed by atoms with E-state index in [0.717, 1.165) is 18.5 Å². The number of amides is 1. The van der Waals surface area contributed by atoms with E-state index in [0.29, 0.717) is 5.56 Å². The van der Waals surface area contributed by atoms with Gasteiger partial charge >= 0.3 is 0 Å². The number of aromatic nitrogens is 1. The second kappa shape index (κ2) is 6.52. The summed E-state index contributed by atoms with van der Waals surface area (Å²) in [4.78, 5) is 19.2. The summed E-state index contributed by atoms with van der Waals surface area (Å²) in [7, 11) is 0. The first kappa shape index (κ1) is 15.6. The lowest BCUT2D eigenvalue weighted by Crippen LogP contribution is -2.40. The van der Waals surface area contributed by atoms with Crippen LogP contribution in [-0.4, -0.2) is 22.3 Å². The van der Waals surface area contributed by atoms with Crippen molar-refractivity contribution in [3.8, 4) is 0 Å². The number of benzene rings is 2. The summed E-state index contributed by atoms with van der Waals surface area (Å²) in [6, 6.07) is 20.4. The molecule has 0 radical (unpaired) electrons. The van der Waals surface area contributed by atoms with Crippen LogP contribution in [0.25, 0.3) is 0 Å². The van der Waals surface area contributed by atoms with Crippen molar-refractivity contribution in [3.05, 3.63) is 101 Å². The zero-order chi connectivity index (χ0) is 17.2. The Morgan fingerprint density at radius 3 is 2.56 bits per heavy atom. The summed E-state index contributed by atoms with van der Waals surface area (Å²) in [5.41, 5.74) is 5.67. The highest BCUT2D eigenvalue weighted by molar-refractivity contribution is 5.94. The average Bonchev–Trinajstić information content (AvgIpc) is 2.67. The van der Waals surface area contributed by atoms with E-state index in [2.05, 4.69) is 42.2 Å². The normalized spacial score (nSPS) is 16.4. The lowest BCUT2D eigenvalue weighted by Gasteiger charge is -2.38. The van der Waals surface area contributed by atoms with E-state index in [1.165, 1.54) is 16.7 Å². The monoisotopic (exact) mass is 328 g/mol. The average molecular weight is 328 g/mol. The zero-order valence-corrected chi connectivity index (χ0v) is 14.2. The first-order valence-electron chi connectivity index (χ1n) is 8.59. The maximum absolute atomic E-state index is 13.2. The molecule has 0 aliphatic carbocycles. The van der Waals surface area contributed by atoms with Gasteiger partial charge < -0.3 is 4.90 Å². The minimum Gasteiger partial charge on any atom is -0.327 e. The van der Waals surface area contributed by atoms with Gasteiger partial charge in [0.2, 0.25) is 0 Å². The highest BCUT2D eigenvalue weighted by atomic mass is 16.2. The van der Waals surface area contributed by atoms with Crippen LogP contribution < -0.4 is 0 Å². The van der Waals surface area contributed by atoms with Crippen LogP contribution in [0.5, 0.6) is 0 Å². The Labute approximate surface area is 148 Å². The van der Waals surface area contributed by atoms with Gasteiger partial charge in [-0.2, -0.15) is 0 Å². The molecule has 0 bridgehead atoms. The molecule has 0 saturated heterocycles. The van der Waals surface area contributed by atoms with Crippen molar-refractivity contribution in [1.29, 1.82) is 0 Å². The highest BCUT2D eigenvalue weighted by Crippen LogP contribution is 2.36. The topological polar surface area (TPSA) is 33.2 Å². The molecule has 124 valence electrons. The summed E-state index contributed by atoms with van der Waals surface area (Å²) in [5, 5.41) is 0. The number of carbonyl (C=O) groups is 1. The molecular formula is C22H20N2O. The predicted octanol–water partition coefficient (Wildman–Crippen LogP) is 4.18. The Hall–Kier alpha value is -2.94. The van der Waals surface area contributed by atoms with Crippen molar-refractivity contribution in [1.82, 2.24) is 9.88 Å². The number of pyridine rings is 1. The fourth-order valence-corrected chi connectivity index (χ4v) is 3.63. The number of carbonyl (C=O) groups excluding carboxylic acids is 1. The van der Waals surface area contributed by atoms with Gasteiger partial charge in [0.1, 0.15) is 0 Å². The standard InChI is InChI=1S/C22H20N2O/c1-16-7-8-20-19(15-16)11-14-24(21(20)17-5-3-2-4-6-17)22(25)18-9-12-23-13-10-18/h2-10,12-13,15,21H,11,14H2,1H3. The van der Waals surface area contributed by atoms with Crippen molar-refractivity contribution in [3.63, 3.8) is 0 Å². The molecule has 1 aliphatic rings. The maximum atomic E-state index is 13.2. The van der Waals surface area contributed by atoms with Crippen molar-refractivity contribution in [2.24, 2.45) is 0 Å². The van der Waals surface area contributed by atoms with Gasteiger partial charge in [-0.25, -0.2) is 0 Å². The summed E-state index contributed by atoms with van der Waals surface area (Å²) in [5.74, 6) is 0.0579. The van der Waals surface area contributed by atoms with E-state index in [1.807, 2.05) is 23.1 Å². The Morgan fingerprint density at radius 2 is 1.80 bits per heavy atom. The molecule has 1 atom stereocenters. The van der Waals surface area contributed by atoms with Crippen LogP contribution in [0.15, 0.2) is 73.1 Å². The molecule has 3 heteroatoms. The summed E-state index contributed by atoms with van der Waals surface area (Å²) in [6.45, 7) is 2.84. The molecule has 3 nitrogen and oxygen atoms in total. The van der Waals surface area contributed by atoms with Crippen LogP contribution in [0.4, 0.5) is 0 Å². The smallest absolute Gasteiger partial charge is 0.254 e. The van der Waals surface area contributed by atoms with Crippen LogP contribution in [-0.2, 0) is 6.42 Å². The van der Waals surface area contributed by atoms with E-state index in [4.69, 9.17) is 0 Å². The fraction of sp³-hybridized carbons (Fsp3) is 0.182.